The maximum atomic E-state index is 11.4. The van der Waals surface area contributed by atoms with Crippen LogP contribution in [0.1, 0.15) is 22.5 Å². The highest BCUT2D eigenvalue weighted by Crippen LogP contribution is 2.28. The number of fused-ring (bicyclic) bond motifs is 1. The van der Waals surface area contributed by atoms with Gasteiger partial charge in [-0.3, -0.25) is 0 Å². The van der Waals surface area contributed by atoms with Gasteiger partial charge < -0.3 is 23.6 Å². The predicted molar refractivity (Wildman–Crippen MR) is 84.1 cm³/mol. The zero-order valence-electron chi connectivity index (χ0n) is 12.8. The minimum absolute atomic E-state index is 0.156. The fourth-order valence-electron chi connectivity index (χ4n) is 2.70. The summed E-state index contributed by atoms with van der Waals surface area (Å²) in [5, 5.41) is 9.36. The lowest BCUT2D eigenvalue weighted by Crippen LogP contribution is -2.30. The number of hydrogen-bond donors (Lipinski definition) is 1. The van der Waals surface area contributed by atoms with Gasteiger partial charge in [0.1, 0.15) is 23.6 Å². The number of nitrogens with zero attached hydrogens (tertiary/aromatic N) is 2. The Bertz CT molecular complexity index is 865. The molecule has 1 aliphatic rings. The molecule has 124 valence electrons. The summed E-state index contributed by atoms with van der Waals surface area (Å²) in [6, 6.07) is 6.67. The molecule has 7 heteroatoms. The summed E-state index contributed by atoms with van der Waals surface area (Å²) in [7, 11) is 0. The van der Waals surface area contributed by atoms with Crippen molar-refractivity contribution in [2.45, 2.75) is 25.7 Å². The van der Waals surface area contributed by atoms with Gasteiger partial charge in [-0.25, -0.2) is 9.78 Å². The molecule has 0 saturated carbocycles. The number of rotatable bonds is 6. The van der Waals surface area contributed by atoms with E-state index in [4.69, 9.17) is 13.9 Å². The van der Waals surface area contributed by atoms with Crippen molar-refractivity contribution in [1.82, 2.24) is 9.55 Å². The van der Waals surface area contributed by atoms with E-state index in [1.807, 2.05) is 4.57 Å². The van der Waals surface area contributed by atoms with Gasteiger partial charge in [-0.05, 0) is 30.7 Å². The van der Waals surface area contributed by atoms with Gasteiger partial charge in [-0.15, -0.1) is 0 Å². The summed E-state index contributed by atoms with van der Waals surface area (Å²) in [6.07, 6.45) is 4.41. The Morgan fingerprint density at radius 3 is 3.00 bits per heavy atom. The lowest BCUT2D eigenvalue weighted by molar-refractivity contribution is -0.0586. The van der Waals surface area contributed by atoms with Crippen LogP contribution in [0, 0.1) is 0 Å². The number of aromatic nitrogens is 2. The summed E-state index contributed by atoms with van der Waals surface area (Å²) in [4.78, 5) is 15.8. The zero-order valence-corrected chi connectivity index (χ0v) is 12.8. The number of furan rings is 1. The van der Waals surface area contributed by atoms with E-state index in [0.29, 0.717) is 23.6 Å². The molecule has 3 aromatic rings. The Hall–Kier alpha value is -2.80. The first-order valence-electron chi connectivity index (χ1n) is 7.69. The van der Waals surface area contributed by atoms with Gasteiger partial charge in [0.15, 0.2) is 0 Å². The van der Waals surface area contributed by atoms with Crippen molar-refractivity contribution in [2.75, 3.05) is 6.61 Å². The third-order valence-electron chi connectivity index (χ3n) is 4.08. The molecule has 0 spiro atoms. The first-order chi connectivity index (χ1) is 11.7. The Morgan fingerprint density at radius 1 is 1.46 bits per heavy atom. The topological polar surface area (TPSA) is 86.7 Å². The third-order valence-corrected chi connectivity index (χ3v) is 4.08. The van der Waals surface area contributed by atoms with Crippen molar-refractivity contribution >= 4 is 17.0 Å². The van der Waals surface area contributed by atoms with E-state index in [2.05, 4.69) is 4.98 Å². The minimum atomic E-state index is -1.01. The molecule has 2 aromatic heterocycles. The molecule has 0 radical (unpaired) electrons. The lowest BCUT2D eigenvalue weighted by Gasteiger charge is -2.26. The SMILES string of the molecule is O=C(O)c1cc(OCc2ccco2)c2ncn(CC3CCO3)c2c1. The van der Waals surface area contributed by atoms with E-state index >= 15 is 0 Å². The Morgan fingerprint density at radius 2 is 2.33 bits per heavy atom. The van der Waals surface area contributed by atoms with Gasteiger partial charge in [0.05, 0.1) is 36.3 Å². The number of ether oxygens (including phenoxy) is 2. The van der Waals surface area contributed by atoms with Gasteiger partial charge in [0, 0.05) is 6.61 Å². The molecule has 1 N–H and O–H groups in total. The van der Waals surface area contributed by atoms with Crippen molar-refractivity contribution < 1.29 is 23.8 Å². The van der Waals surface area contributed by atoms with E-state index in [-0.39, 0.29) is 18.3 Å². The summed E-state index contributed by atoms with van der Waals surface area (Å²) >= 11 is 0. The third kappa shape index (κ3) is 2.74. The zero-order chi connectivity index (χ0) is 16.5. The van der Waals surface area contributed by atoms with E-state index in [9.17, 15) is 9.90 Å². The van der Waals surface area contributed by atoms with Gasteiger partial charge in [-0.2, -0.15) is 0 Å². The van der Waals surface area contributed by atoms with Crippen LogP contribution in [0.15, 0.2) is 41.3 Å². The van der Waals surface area contributed by atoms with Gasteiger partial charge in [-0.1, -0.05) is 0 Å². The second-order valence-electron chi connectivity index (χ2n) is 5.69. The lowest BCUT2D eigenvalue weighted by atomic mass is 10.1. The number of benzene rings is 1. The highest BCUT2D eigenvalue weighted by Gasteiger charge is 2.21. The number of carboxylic acids is 1. The first kappa shape index (κ1) is 14.8. The molecule has 3 heterocycles. The van der Waals surface area contributed by atoms with Crippen LogP contribution >= 0.6 is 0 Å². The van der Waals surface area contributed by atoms with E-state index < -0.39 is 5.97 Å². The Labute approximate surface area is 137 Å². The van der Waals surface area contributed by atoms with Crippen LogP contribution in [0.5, 0.6) is 5.75 Å². The fraction of sp³-hybridized carbons (Fsp3) is 0.294. The molecule has 4 rings (SSSR count). The van der Waals surface area contributed by atoms with E-state index in [0.717, 1.165) is 18.5 Å². The van der Waals surface area contributed by atoms with Crippen LogP contribution in [0.25, 0.3) is 11.0 Å². The van der Waals surface area contributed by atoms with Crippen LogP contribution in [0.4, 0.5) is 0 Å². The van der Waals surface area contributed by atoms with Crippen molar-refractivity contribution in [3.05, 3.63) is 48.2 Å². The van der Waals surface area contributed by atoms with E-state index in [1.165, 1.54) is 6.07 Å². The maximum Gasteiger partial charge on any atom is 0.335 e. The normalized spacial score (nSPS) is 16.9. The molecule has 1 saturated heterocycles. The van der Waals surface area contributed by atoms with Crippen LogP contribution in [-0.4, -0.2) is 33.3 Å². The summed E-state index contributed by atoms with van der Waals surface area (Å²) in [5.74, 6) is 0.0770. The minimum Gasteiger partial charge on any atom is -0.483 e. The van der Waals surface area contributed by atoms with E-state index in [1.54, 1.807) is 30.8 Å². The highest BCUT2D eigenvalue weighted by atomic mass is 16.5. The molecule has 24 heavy (non-hydrogen) atoms. The molecule has 1 aromatic carbocycles. The standard InChI is InChI=1S/C17H16N2O5/c20-17(21)11-6-14-16(18-10-19(14)8-12-3-5-23-12)15(7-11)24-9-13-2-1-4-22-13/h1-2,4,6-7,10,12H,3,5,8-9H2,(H,20,21). The Balaban J connectivity index is 1.69. The number of hydrogen-bond acceptors (Lipinski definition) is 5. The van der Waals surface area contributed by atoms with Gasteiger partial charge >= 0.3 is 5.97 Å². The molecular weight excluding hydrogens is 312 g/mol. The second-order valence-corrected chi connectivity index (χ2v) is 5.69. The van der Waals surface area contributed by atoms with Gasteiger partial charge in [0.25, 0.3) is 0 Å². The smallest absolute Gasteiger partial charge is 0.335 e. The molecule has 1 atom stereocenters. The van der Waals surface area contributed by atoms with Gasteiger partial charge in [0.2, 0.25) is 0 Å². The molecule has 1 unspecified atom stereocenters. The fourth-order valence-corrected chi connectivity index (χ4v) is 2.70. The number of carboxylic acid groups (broad SMARTS) is 1. The van der Waals surface area contributed by atoms with Crippen LogP contribution in [0.2, 0.25) is 0 Å². The van der Waals surface area contributed by atoms with Crippen LogP contribution in [0.3, 0.4) is 0 Å². The first-order valence-corrected chi connectivity index (χ1v) is 7.69. The molecule has 0 bridgehead atoms. The summed E-state index contributed by atoms with van der Waals surface area (Å²) in [5.41, 5.74) is 1.51. The highest BCUT2D eigenvalue weighted by molar-refractivity contribution is 5.95. The van der Waals surface area contributed by atoms with Crippen molar-refractivity contribution in [2.24, 2.45) is 0 Å². The Kier molecular flexibility index (Phi) is 3.70. The average Bonchev–Trinajstić information content (AvgIpc) is 3.18. The van der Waals surface area contributed by atoms with Crippen LogP contribution < -0.4 is 4.74 Å². The largest absolute Gasteiger partial charge is 0.483 e. The molecule has 0 aliphatic carbocycles. The van der Waals surface area contributed by atoms with Crippen molar-refractivity contribution in [3.63, 3.8) is 0 Å². The maximum absolute atomic E-state index is 11.4. The monoisotopic (exact) mass is 328 g/mol. The number of carbonyl (C=O) groups is 1. The molecule has 1 fully saturated rings. The number of imidazole rings is 1. The molecule has 0 amide bonds. The van der Waals surface area contributed by atoms with Crippen molar-refractivity contribution in [3.8, 4) is 5.75 Å². The van der Waals surface area contributed by atoms with Crippen LogP contribution in [-0.2, 0) is 17.9 Å². The quantitative estimate of drug-likeness (QED) is 0.748. The number of aromatic carboxylic acids is 1. The second kappa shape index (κ2) is 6.01. The van der Waals surface area contributed by atoms with Crippen molar-refractivity contribution in [1.29, 1.82) is 0 Å². The predicted octanol–water partition coefficient (Wildman–Crippen LogP) is 2.70. The molecule has 7 nitrogen and oxygen atoms in total. The summed E-state index contributed by atoms with van der Waals surface area (Å²) < 4.78 is 18.3. The molecular formula is C17H16N2O5. The molecule has 1 aliphatic heterocycles. The average molecular weight is 328 g/mol. The summed E-state index contributed by atoms with van der Waals surface area (Å²) in [6.45, 7) is 1.64.